The second kappa shape index (κ2) is 5.37. The highest BCUT2D eigenvalue weighted by atomic mass is 32.1. The number of carbonyl (C=O) groups excluding carboxylic acids is 2. The average molecular weight is 305 g/mol. The number of thiophene rings is 1. The summed E-state index contributed by atoms with van der Waals surface area (Å²) in [7, 11) is 1.32. The SMILES string of the molecule is COC(=O)c1sc(C)cc1NC(=O)c1ccoc1C1CC1. The molecule has 0 bridgehead atoms. The van der Waals surface area contributed by atoms with E-state index in [1.165, 1.54) is 24.7 Å². The molecule has 1 amide bonds. The Balaban J connectivity index is 1.84. The van der Waals surface area contributed by atoms with Gasteiger partial charge in [0.15, 0.2) is 0 Å². The average Bonchev–Trinajstić information content (AvgIpc) is 3.07. The van der Waals surface area contributed by atoms with E-state index in [9.17, 15) is 9.59 Å². The van der Waals surface area contributed by atoms with Gasteiger partial charge in [0.2, 0.25) is 0 Å². The summed E-state index contributed by atoms with van der Waals surface area (Å²) in [5, 5.41) is 2.78. The van der Waals surface area contributed by atoms with Crippen molar-refractivity contribution in [3.8, 4) is 0 Å². The Hall–Kier alpha value is -2.08. The summed E-state index contributed by atoms with van der Waals surface area (Å²) in [4.78, 5) is 25.4. The molecule has 1 N–H and O–H groups in total. The molecule has 0 atom stereocenters. The molecule has 6 heteroatoms. The number of esters is 1. The largest absolute Gasteiger partial charge is 0.468 e. The van der Waals surface area contributed by atoms with Crippen molar-refractivity contribution in [1.29, 1.82) is 0 Å². The molecule has 2 aromatic heterocycles. The molecule has 0 unspecified atom stereocenters. The Morgan fingerprint density at radius 1 is 1.43 bits per heavy atom. The van der Waals surface area contributed by atoms with E-state index >= 15 is 0 Å². The molecule has 2 heterocycles. The Morgan fingerprint density at radius 3 is 2.86 bits per heavy atom. The van der Waals surface area contributed by atoms with E-state index in [0.29, 0.717) is 22.0 Å². The van der Waals surface area contributed by atoms with Crippen LogP contribution in [0.2, 0.25) is 0 Å². The lowest BCUT2D eigenvalue weighted by Crippen LogP contribution is -2.14. The number of methoxy groups -OCH3 is 1. The fourth-order valence-electron chi connectivity index (χ4n) is 2.21. The zero-order valence-electron chi connectivity index (χ0n) is 11.8. The summed E-state index contributed by atoms with van der Waals surface area (Å²) in [6.07, 6.45) is 3.64. The molecule has 3 rings (SSSR count). The molecule has 0 spiro atoms. The second-order valence-corrected chi connectivity index (χ2v) is 6.27. The smallest absolute Gasteiger partial charge is 0.350 e. The fourth-order valence-corrected chi connectivity index (χ4v) is 3.10. The molecule has 1 fully saturated rings. The van der Waals surface area contributed by atoms with E-state index in [2.05, 4.69) is 5.32 Å². The second-order valence-electron chi connectivity index (χ2n) is 5.02. The molecule has 21 heavy (non-hydrogen) atoms. The van der Waals surface area contributed by atoms with Gasteiger partial charge < -0.3 is 14.5 Å². The number of amides is 1. The number of rotatable bonds is 4. The van der Waals surface area contributed by atoms with Gasteiger partial charge in [-0.2, -0.15) is 0 Å². The van der Waals surface area contributed by atoms with Crippen molar-refractivity contribution in [2.45, 2.75) is 25.7 Å². The number of carbonyl (C=O) groups is 2. The first-order valence-corrected chi connectivity index (χ1v) is 7.49. The molecule has 1 saturated carbocycles. The lowest BCUT2D eigenvalue weighted by molar-refractivity contribution is 0.0607. The molecular weight excluding hydrogens is 290 g/mol. The van der Waals surface area contributed by atoms with Crippen LogP contribution in [0, 0.1) is 6.92 Å². The van der Waals surface area contributed by atoms with Crippen LogP contribution < -0.4 is 5.32 Å². The van der Waals surface area contributed by atoms with Gasteiger partial charge in [-0.25, -0.2) is 4.79 Å². The molecule has 1 aliphatic rings. The van der Waals surface area contributed by atoms with Crippen LogP contribution in [0.25, 0.3) is 0 Å². The monoisotopic (exact) mass is 305 g/mol. The zero-order chi connectivity index (χ0) is 15.0. The topological polar surface area (TPSA) is 68.5 Å². The van der Waals surface area contributed by atoms with Crippen LogP contribution >= 0.6 is 11.3 Å². The van der Waals surface area contributed by atoms with Crippen LogP contribution in [0.4, 0.5) is 5.69 Å². The maximum absolute atomic E-state index is 12.4. The molecule has 1 aliphatic carbocycles. The molecular formula is C15H15NO4S. The van der Waals surface area contributed by atoms with Gasteiger partial charge in [0.05, 0.1) is 24.6 Å². The third-order valence-electron chi connectivity index (χ3n) is 3.36. The molecule has 0 aliphatic heterocycles. The lowest BCUT2D eigenvalue weighted by Gasteiger charge is -2.05. The summed E-state index contributed by atoms with van der Waals surface area (Å²) < 4.78 is 10.1. The van der Waals surface area contributed by atoms with Crippen LogP contribution in [0.1, 0.15) is 49.4 Å². The standard InChI is InChI=1S/C15H15NO4S/c1-8-7-11(13(21-8)15(18)19-2)16-14(17)10-5-6-20-12(10)9-3-4-9/h5-7,9H,3-4H2,1-2H3,(H,16,17). The van der Waals surface area contributed by atoms with E-state index in [4.69, 9.17) is 9.15 Å². The van der Waals surface area contributed by atoms with Crippen molar-refractivity contribution in [3.05, 3.63) is 39.5 Å². The normalized spacial score (nSPS) is 14.0. The first kappa shape index (κ1) is 13.9. The van der Waals surface area contributed by atoms with Crippen molar-refractivity contribution in [2.75, 3.05) is 12.4 Å². The van der Waals surface area contributed by atoms with Gasteiger partial charge in [0.25, 0.3) is 5.91 Å². The maximum Gasteiger partial charge on any atom is 0.350 e. The number of furan rings is 1. The number of aryl methyl sites for hydroxylation is 1. The van der Waals surface area contributed by atoms with E-state index < -0.39 is 5.97 Å². The predicted molar refractivity (Wildman–Crippen MR) is 79.0 cm³/mol. The zero-order valence-corrected chi connectivity index (χ0v) is 12.6. The van der Waals surface area contributed by atoms with Crippen LogP contribution in [-0.2, 0) is 4.74 Å². The van der Waals surface area contributed by atoms with Crippen LogP contribution in [0.5, 0.6) is 0 Å². The minimum Gasteiger partial charge on any atom is -0.468 e. The third-order valence-corrected chi connectivity index (χ3v) is 4.39. The minimum atomic E-state index is -0.446. The quantitative estimate of drug-likeness (QED) is 0.877. The number of nitrogens with one attached hydrogen (secondary N) is 1. The molecule has 0 aromatic carbocycles. The van der Waals surface area contributed by atoms with Gasteiger partial charge in [-0.05, 0) is 31.9 Å². The van der Waals surface area contributed by atoms with Gasteiger partial charge in [0.1, 0.15) is 10.6 Å². The molecule has 110 valence electrons. The van der Waals surface area contributed by atoms with E-state index in [0.717, 1.165) is 23.5 Å². The third kappa shape index (κ3) is 2.71. The number of hydrogen-bond donors (Lipinski definition) is 1. The highest BCUT2D eigenvalue weighted by molar-refractivity contribution is 7.14. The molecule has 5 nitrogen and oxygen atoms in total. The van der Waals surface area contributed by atoms with E-state index in [-0.39, 0.29) is 5.91 Å². The van der Waals surface area contributed by atoms with Gasteiger partial charge in [-0.3, -0.25) is 4.79 Å². The summed E-state index contributed by atoms with van der Waals surface area (Å²) in [6.45, 7) is 1.88. The Labute approximate surface area is 125 Å². The van der Waals surface area contributed by atoms with E-state index in [1.54, 1.807) is 12.1 Å². The van der Waals surface area contributed by atoms with Gasteiger partial charge in [-0.1, -0.05) is 0 Å². The number of ether oxygens (including phenoxy) is 1. The number of hydrogen-bond acceptors (Lipinski definition) is 5. The van der Waals surface area contributed by atoms with Crippen LogP contribution in [0.15, 0.2) is 22.8 Å². The van der Waals surface area contributed by atoms with Crippen molar-refractivity contribution >= 4 is 28.9 Å². The van der Waals surface area contributed by atoms with Gasteiger partial charge in [0, 0.05) is 10.8 Å². The summed E-state index contributed by atoms with van der Waals surface area (Å²) in [6, 6.07) is 3.44. The number of anilines is 1. The summed E-state index contributed by atoms with van der Waals surface area (Å²) in [5.41, 5.74) is 1.02. The highest BCUT2D eigenvalue weighted by Gasteiger charge is 2.31. The lowest BCUT2D eigenvalue weighted by atomic mass is 10.1. The minimum absolute atomic E-state index is 0.256. The summed E-state index contributed by atoms with van der Waals surface area (Å²) in [5.74, 6) is 0.385. The first-order chi connectivity index (χ1) is 10.1. The van der Waals surface area contributed by atoms with Crippen molar-refractivity contribution < 1.29 is 18.7 Å². The highest BCUT2D eigenvalue weighted by Crippen LogP contribution is 2.42. The first-order valence-electron chi connectivity index (χ1n) is 6.67. The Bertz CT molecular complexity index is 696. The van der Waals surface area contributed by atoms with Gasteiger partial charge >= 0.3 is 5.97 Å². The van der Waals surface area contributed by atoms with E-state index in [1.807, 2.05) is 6.92 Å². The molecule has 0 saturated heterocycles. The fraction of sp³-hybridized carbons (Fsp3) is 0.333. The molecule has 0 radical (unpaired) electrons. The molecule has 2 aromatic rings. The van der Waals surface area contributed by atoms with Crippen LogP contribution in [-0.4, -0.2) is 19.0 Å². The van der Waals surface area contributed by atoms with Gasteiger partial charge in [-0.15, -0.1) is 11.3 Å². The predicted octanol–water partition coefficient (Wildman–Crippen LogP) is 3.57. The Morgan fingerprint density at radius 2 is 2.19 bits per heavy atom. The van der Waals surface area contributed by atoms with Crippen molar-refractivity contribution in [1.82, 2.24) is 0 Å². The summed E-state index contributed by atoms with van der Waals surface area (Å²) >= 11 is 1.30. The Kier molecular flexibility index (Phi) is 3.55. The van der Waals surface area contributed by atoms with Crippen LogP contribution in [0.3, 0.4) is 0 Å². The van der Waals surface area contributed by atoms with Crippen molar-refractivity contribution in [3.63, 3.8) is 0 Å². The van der Waals surface area contributed by atoms with Crippen molar-refractivity contribution in [2.24, 2.45) is 0 Å². The maximum atomic E-state index is 12.4.